The molecule has 2 amide bonds. The molecular formula is C21H20N4O5S. The first kappa shape index (κ1) is 22.0. The molecule has 10 heteroatoms. The van der Waals surface area contributed by atoms with Crippen LogP contribution in [0.25, 0.3) is 0 Å². The zero-order chi connectivity index (χ0) is 22.2. The van der Waals surface area contributed by atoms with Gasteiger partial charge in [-0.25, -0.2) is 0 Å². The highest BCUT2D eigenvalue weighted by atomic mass is 32.2. The van der Waals surface area contributed by atoms with E-state index in [1.165, 1.54) is 6.21 Å². The number of amides is 2. The van der Waals surface area contributed by atoms with E-state index in [0.717, 1.165) is 17.3 Å². The van der Waals surface area contributed by atoms with Gasteiger partial charge in [-0.1, -0.05) is 41.6 Å². The topological polar surface area (TPSA) is 129 Å². The summed E-state index contributed by atoms with van der Waals surface area (Å²) >= 11 is 1.01. The Morgan fingerprint density at radius 2 is 1.97 bits per heavy atom. The van der Waals surface area contributed by atoms with Gasteiger partial charge in [-0.3, -0.25) is 14.4 Å². The molecule has 31 heavy (non-hydrogen) atoms. The third kappa shape index (κ3) is 6.68. The first-order chi connectivity index (χ1) is 14.9. The van der Waals surface area contributed by atoms with E-state index in [2.05, 4.69) is 20.8 Å². The molecule has 1 saturated heterocycles. The number of amidine groups is 1. The molecule has 160 valence electrons. The molecule has 9 nitrogen and oxygen atoms in total. The van der Waals surface area contributed by atoms with Crippen LogP contribution >= 0.6 is 11.8 Å². The summed E-state index contributed by atoms with van der Waals surface area (Å²) in [6, 6.07) is 14.4. The molecule has 0 aliphatic carbocycles. The zero-order valence-electron chi connectivity index (χ0n) is 16.6. The molecule has 1 aliphatic heterocycles. The van der Waals surface area contributed by atoms with Crippen molar-refractivity contribution in [2.24, 2.45) is 10.2 Å². The van der Waals surface area contributed by atoms with Gasteiger partial charge in [0.05, 0.1) is 12.6 Å². The van der Waals surface area contributed by atoms with Crippen LogP contribution in [0.2, 0.25) is 0 Å². The molecule has 2 aromatic carbocycles. The summed E-state index contributed by atoms with van der Waals surface area (Å²) in [5.41, 5.74) is 2.37. The average molecular weight is 440 g/mol. The van der Waals surface area contributed by atoms with E-state index in [9.17, 15) is 14.4 Å². The number of ether oxygens (including phenoxy) is 1. The van der Waals surface area contributed by atoms with Gasteiger partial charge in [-0.05, 0) is 31.2 Å². The molecule has 3 rings (SSSR count). The molecule has 2 aromatic rings. The molecule has 0 aromatic heterocycles. The number of rotatable bonds is 8. The van der Waals surface area contributed by atoms with Gasteiger partial charge in [0.1, 0.15) is 11.0 Å². The molecule has 0 spiro atoms. The second-order valence-corrected chi connectivity index (χ2v) is 7.78. The molecule has 1 fully saturated rings. The molecule has 1 atom stereocenters. The quantitative estimate of drug-likeness (QED) is 0.427. The number of para-hydroxylation sites is 1. The monoisotopic (exact) mass is 440 g/mol. The first-order valence-corrected chi connectivity index (χ1v) is 10.2. The Morgan fingerprint density at radius 3 is 2.71 bits per heavy atom. The summed E-state index contributed by atoms with van der Waals surface area (Å²) in [7, 11) is 0. The Labute approximate surface area is 182 Å². The number of carboxylic acid groups (broad SMARTS) is 1. The molecule has 3 N–H and O–H groups in total. The third-order valence-electron chi connectivity index (χ3n) is 4.09. The van der Waals surface area contributed by atoms with E-state index in [4.69, 9.17) is 9.84 Å². The van der Waals surface area contributed by atoms with E-state index in [-0.39, 0.29) is 24.1 Å². The number of nitrogens with zero attached hydrogens (tertiary/aromatic N) is 2. The van der Waals surface area contributed by atoms with Gasteiger partial charge in [0.25, 0.3) is 5.91 Å². The highest BCUT2D eigenvalue weighted by Crippen LogP contribution is 2.22. The summed E-state index contributed by atoms with van der Waals surface area (Å²) in [5.74, 6) is -1.33. The second kappa shape index (κ2) is 10.4. The Bertz CT molecular complexity index is 1040. The minimum Gasteiger partial charge on any atom is -0.483 e. The summed E-state index contributed by atoms with van der Waals surface area (Å²) in [6.07, 6.45) is 1.14. The summed E-state index contributed by atoms with van der Waals surface area (Å²) in [6.45, 7) is 1.78. The molecule has 0 radical (unpaired) electrons. The predicted octanol–water partition coefficient (Wildman–Crippen LogP) is 2.41. The predicted molar refractivity (Wildman–Crippen MR) is 119 cm³/mol. The lowest BCUT2D eigenvalue weighted by Gasteiger charge is -2.09. The highest BCUT2D eigenvalue weighted by Gasteiger charge is 2.32. The molecule has 0 saturated carbocycles. The van der Waals surface area contributed by atoms with Crippen molar-refractivity contribution < 1.29 is 24.2 Å². The smallest absolute Gasteiger partial charge is 0.305 e. The van der Waals surface area contributed by atoms with E-state index in [1.54, 1.807) is 24.3 Å². The van der Waals surface area contributed by atoms with Crippen LogP contribution in [0.4, 0.5) is 5.69 Å². The molecule has 1 unspecified atom stereocenters. The lowest BCUT2D eigenvalue weighted by molar-refractivity contribution is -0.138. The fraction of sp³-hybridized carbons (Fsp3) is 0.190. The fourth-order valence-corrected chi connectivity index (χ4v) is 3.50. The lowest BCUT2D eigenvalue weighted by atomic mass is 10.2. The SMILES string of the molecule is Cc1ccc(NC(=O)COc2ccccc2C=NN=C2NC(=O)C(CC(=O)O)S2)cc1. The number of carbonyl (C=O) groups excluding carboxylic acids is 2. The van der Waals surface area contributed by atoms with Crippen LogP contribution in [0.15, 0.2) is 58.7 Å². The summed E-state index contributed by atoms with van der Waals surface area (Å²) in [5, 5.41) is 21.4. The molecule has 1 heterocycles. The Hall–Kier alpha value is -3.66. The van der Waals surface area contributed by atoms with Crippen LogP contribution in [0.5, 0.6) is 5.75 Å². The van der Waals surface area contributed by atoms with Crippen molar-refractivity contribution in [1.82, 2.24) is 5.32 Å². The fourth-order valence-electron chi connectivity index (χ4n) is 2.58. The van der Waals surface area contributed by atoms with Crippen LogP contribution in [0.3, 0.4) is 0 Å². The van der Waals surface area contributed by atoms with Gasteiger partial charge in [0.2, 0.25) is 5.91 Å². The number of aliphatic carboxylic acids is 1. The maximum atomic E-state index is 12.1. The summed E-state index contributed by atoms with van der Waals surface area (Å²) in [4.78, 5) is 34.6. The van der Waals surface area contributed by atoms with Gasteiger partial charge in [0, 0.05) is 11.3 Å². The number of thioether (sulfide) groups is 1. The standard InChI is InChI=1S/C21H20N4O5S/c1-13-6-8-15(9-7-13)23-18(26)12-30-16-5-3-2-4-14(16)11-22-25-21-24-20(29)17(31-21)10-19(27)28/h2-9,11,17H,10,12H2,1H3,(H,23,26)(H,27,28)(H,24,25,29). The first-order valence-electron chi connectivity index (χ1n) is 9.29. The van der Waals surface area contributed by atoms with Crippen molar-refractivity contribution in [3.05, 3.63) is 59.7 Å². The van der Waals surface area contributed by atoms with Crippen molar-refractivity contribution in [1.29, 1.82) is 0 Å². The number of anilines is 1. The molecule has 0 bridgehead atoms. The Morgan fingerprint density at radius 1 is 1.23 bits per heavy atom. The van der Waals surface area contributed by atoms with Crippen LogP contribution in [-0.2, 0) is 14.4 Å². The number of benzene rings is 2. The Balaban J connectivity index is 1.57. The van der Waals surface area contributed by atoms with Crippen molar-refractivity contribution in [2.45, 2.75) is 18.6 Å². The largest absolute Gasteiger partial charge is 0.483 e. The molecular weight excluding hydrogens is 420 g/mol. The normalized spacial score (nSPS) is 17.0. The van der Waals surface area contributed by atoms with E-state index < -0.39 is 17.1 Å². The van der Waals surface area contributed by atoms with E-state index >= 15 is 0 Å². The van der Waals surface area contributed by atoms with Crippen LogP contribution in [-0.4, -0.2) is 46.1 Å². The van der Waals surface area contributed by atoms with Gasteiger partial charge in [-0.2, -0.15) is 5.10 Å². The van der Waals surface area contributed by atoms with Gasteiger partial charge < -0.3 is 20.5 Å². The number of hydrogen-bond acceptors (Lipinski definition) is 7. The van der Waals surface area contributed by atoms with E-state index in [1.807, 2.05) is 31.2 Å². The van der Waals surface area contributed by atoms with Crippen molar-refractivity contribution in [3.8, 4) is 5.75 Å². The second-order valence-electron chi connectivity index (χ2n) is 6.58. The van der Waals surface area contributed by atoms with Crippen LogP contribution in [0, 0.1) is 6.92 Å². The maximum Gasteiger partial charge on any atom is 0.305 e. The highest BCUT2D eigenvalue weighted by molar-refractivity contribution is 8.15. The van der Waals surface area contributed by atoms with Gasteiger partial charge >= 0.3 is 5.97 Å². The minimum absolute atomic E-state index is 0.184. The number of aryl methyl sites for hydroxylation is 1. The van der Waals surface area contributed by atoms with Crippen LogP contribution < -0.4 is 15.4 Å². The van der Waals surface area contributed by atoms with Crippen molar-refractivity contribution >= 4 is 46.6 Å². The number of carboxylic acids is 1. The number of hydrogen-bond donors (Lipinski definition) is 3. The van der Waals surface area contributed by atoms with Gasteiger partial charge in [0.15, 0.2) is 11.8 Å². The van der Waals surface area contributed by atoms with Gasteiger partial charge in [-0.15, -0.1) is 5.10 Å². The molecule has 1 aliphatic rings. The third-order valence-corrected chi connectivity index (χ3v) is 5.17. The van der Waals surface area contributed by atoms with E-state index in [0.29, 0.717) is 17.0 Å². The van der Waals surface area contributed by atoms with Crippen molar-refractivity contribution in [3.63, 3.8) is 0 Å². The lowest BCUT2D eigenvalue weighted by Crippen LogP contribution is -2.26. The maximum absolute atomic E-state index is 12.1. The zero-order valence-corrected chi connectivity index (χ0v) is 17.4. The minimum atomic E-state index is -1.06. The number of nitrogens with one attached hydrogen (secondary N) is 2. The average Bonchev–Trinajstić information content (AvgIpc) is 3.07. The summed E-state index contributed by atoms with van der Waals surface area (Å²) < 4.78 is 5.60. The number of carbonyl (C=O) groups is 3. The van der Waals surface area contributed by atoms with Crippen LogP contribution in [0.1, 0.15) is 17.5 Å². The Kier molecular flexibility index (Phi) is 7.39. The van der Waals surface area contributed by atoms with Crippen molar-refractivity contribution in [2.75, 3.05) is 11.9 Å².